The van der Waals surface area contributed by atoms with Crippen LogP contribution < -0.4 is 5.32 Å². The average Bonchev–Trinajstić information content (AvgIpc) is 3.14. The van der Waals surface area contributed by atoms with Gasteiger partial charge in [0.25, 0.3) is 11.8 Å². The first-order valence-electron chi connectivity index (χ1n) is 10.8. The molecule has 0 saturated heterocycles. The van der Waals surface area contributed by atoms with Gasteiger partial charge in [-0.15, -0.1) is 11.8 Å². The molecule has 6 heteroatoms. The average molecular weight is 432 g/mol. The van der Waals surface area contributed by atoms with Gasteiger partial charge in [0, 0.05) is 34.1 Å². The van der Waals surface area contributed by atoms with Gasteiger partial charge in [0.2, 0.25) is 0 Å². The van der Waals surface area contributed by atoms with E-state index in [1.807, 2.05) is 59.7 Å². The van der Waals surface area contributed by atoms with Gasteiger partial charge in [0.05, 0.1) is 11.1 Å². The first-order chi connectivity index (χ1) is 15.2. The molecule has 0 spiro atoms. The number of thioether (sulfide) groups is 1. The zero-order valence-electron chi connectivity index (χ0n) is 17.6. The van der Waals surface area contributed by atoms with E-state index in [0.29, 0.717) is 23.3 Å². The Morgan fingerprint density at radius 2 is 1.90 bits per heavy atom. The minimum Gasteiger partial charge on any atom is -0.330 e. The topological polar surface area (TPSA) is 62.3 Å². The minimum atomic E-state index is -0.189. The van der Waals surface area contributed by atoms with Crippen LogP contribution in [0.25, 0.3) is 10.9 Å². The number of nitrogens with zero attached hydrogens (tertiary/aromatic N) is 2. The van der Waals surface area contributed by atoms with Crippen molar-refractivity contribution < 1.29 is 9.59 Å². The molecule has 0 atom stereocenters. The molecule has 2 aromatic carbocycles. The van der Waals surface area contributed by atoms with Crippen molar-refractivity contribution in [2.75, 3.05) is 11.6 Å². The van der Waals surface area contributed by atoms with Gasteiger partial charge in [-0.05, 0) is 43.4 Å². The van der Waals surface area contributed by atoms with Gasteiger partial charge >= 0.3 is 0 Å². The van der Waals surface area contributed by atoms with Crippen molar-refractivity contribution in [3.05, 3.63) is 65.4 Å². The largest absolute Gasteiger partial charge is 0.330 e. The monoisotopic (exact) mass is 431 g/mol. The van der Waals surface area contributed by atoms with Crippen LogP contribution in [0.5, 0.6) is 0 Å². The highest BCUT2D eigenvalue weighted by molar-refractivity contribution is 7.98. The molecular weight excluding hydrogens is 406 g/mol. The summed E-state index contributed by atoms with van der Waals surface area (Å²) in [5.74, 6) is -0.225. The van der Waals surface area contributed by atoms with Gasteiger partial charge in [0.15, 0.2) is 0 Å². The zero-order valence-corrected chi connectivity index (χ0v) is 18.4. The number of hydrogen-bond donors (Lipinski definition) is 1. The number of pyridine rings is 1. The number of anilines is 1. The van der Waals surface area contributed by atoms with Crippen LogP contribution in [0, 0.1) is 0 Å². The van der Waals surface area contributed by atoms with Crippen molar-refractivity contribution in [1.82, 2.24) is 9.88 Å². The highest BCUT2D eigenvalue weighted by atomic mass is 32.2. The van der Waals surface area contributed by atoms with E-state index in [1.54, 1.807) is 11.8 Å². The molecule has 1 fully saturated rings. The number of nitrogens with one attached hydrogen (secondary N) is 1. The van der Waals surface area contributed by atoms with E-state index in [0.717, 1.165) is 47.2 Å². The van der Waals surface area contributed by atoms with Crippen LogP contribution in [0.2, 0.25) is 0 Å². The van der Waals surface area contributed by atoms with Gasteiger partial charge in [0.1, 0.15) is 5.69 Å². The predicted octanol–water partition coefficient (Wildman–Crippen LogP) is 5.50. The van der Waals surface area contributed by atoms with Crippen LogP contribution in [-0.2, 0) is 6.54 Å². The van der Waals surface area contributed by atoms with E-state index < -0.39 is 0 Å². The van der Waals surface area contributed by atoms with E-state index >= 15 is 0 Å². The second kappa shape index (κ2) is 8.35. The molecule has 3 aromatic rings. The molecule has 5 nitrogen and oxygen atoms in total. The summed E-state index contributed by atoms with van der Waals surface area (Å²) in [5, 5.41) is 3.84. The summed E-state index contributed by atoms with van der Waals surface area (Å²) < 4.78 is 0. The number of rotatable bonds is 4. The lowest BCUT2D eigenvalue weighted by Gasteiger charge is -2.30. The normalized spacial score (nSPS) is 16.5. The zero-order chi connectivity index (χ0) is 21.4. The first kappa shape index (κ1) is 20.1. The van der Waals surface area contributed by atoms with Gasteiger partial charge in [-0.2, -0.15) is 0 Å². The lowest BCUT2D eigenvalue weighted by atomic mass is 9.94. The SMILES string of the molecule is CSc1cccc(NC(=O)c2c3c(nc4ccccc24)C(=O)N(C2CCCCC2)C3)c1. The number of amides is 2. The Bertz CT molecular complexity index is 1170. The van der Waals surface area contributed by atoms with Crippen LogP contribution in [0.1, 0.15) is 58.5 Å². The standard InChI is InChI=1S/C25H25N3O2S/c1-31-18-11-7-8-16(14-18)26-24(29)22-19-12-5-6-13-21(19)27-23-20(22)15-28(25(23)30)17-9-3-2-4-10-17/h5-8,11-14,17H,2-4,9-10,15H2,1H3,(H,26,29). The molecule has 0 radical (unpaired) electrons. The minimum absolute atomic E-state index is 0.0360. The summed E-state index contributed by atoms with van der Waals surface area (Å²) in [7, 11) is 0. The van der Waals surface area contributed by atoms with Crippen LogP contribution in [0.4, 0.5) is 5.69 Å². The Hall–Kier alpha value is -2.86. The smallest absolute Gasteiger partial charge is 0.273 e. The molecule has 5 rings (SSSR count). The van der Waals surface area contributed by atoms with Crippen molar-refractivity contribution in [3.8, 4) is 0 Å². The highest BCUT2D eigenvalue weighted by Crippen LogP contribution is 2.35. The van der Waals surface area contributed by atoms with E-state index in [1.165, 1.54) is 6.42 Å². The molecule has 2 amide bonds. The molecule has 1 saturated carbocycles. The molecule has 1 aliphatic heterocycles. The maximum absolute atomic E-state index is 13.5. The van der Waals surface area contributed by atoms with Crippen molar-refractivity contribution >= 4 is 40.2 Å². The van der Waals surface area contributed by atoms with Crippen LogP contribution >= 0.6 is 11.8 Å². The summed E-state index contributed by atoms with van der Waals surface area (Å²) in [6.45, 7) is 0.463. The third kappa shape index (κ3) is 3.69. The molecule has 0 bridgehead atoms. The van der Waals surface area contributed by atoms with Gasteiger partial charge in [-0.3, -0.25) is 9.59 Å². The Morgan fingerprint density at radius 1 is 1.10 bits per heavy atom. The molecule has 1 aromatic heterocycles. The number of hydrogen-bond acceptors (Lipinski definition) is 4. The van der Waals surface area contributed by atoms with Crippen molar-refractivity contribution in [3.63, 3.8) is 0 Å². The Kier molecular flexibility index (Phi) is 5.40. The number of benzene rings is 2. The van der Waals surface area contributed by atoms with Crippen LogP contribution in [0.15, 0.2) is 53.4 Å². The molecule has 2 heterocycles. The number of carbonyl (C=O) groups is 2. The Labute approximate surface area is 186 Å². The van der Waals surface area contributed by atoms with Crippen LogP contribution in [-0.4, -0.2) is 34.0 Å². The van der Waals surface area contributed by atoms with Gasteiger partial charge in [-0.25, -0.2) is 4.98 Å². The van der Waals surface area contributed by atoms with E-state index in [4.69, 9.17) is 0 Å². The molecule has 1 aliphatic carbocycles. The molecule has 158 valence electrons. The maximum Gasteiger partial charge on any atom is 0.273 e. The van der Waals surface area contributed by atoms with Gasteiger partial charge in [-0.1, -0.05) is 43.5 Å². The van der Waals surface area contributed by atoms with E-state index in [2.05, 4.69) is 10.3 Å². The summed E-state index contributed by atoms with van der Waals surface area (Å²) in [5.41, 5.74) is 3.20. The fourth-order valence-corrected chi connectivity index (χ4v) is 5.26. The lowest BCUT2D eigenvalue weighted by Crippen LogP contribution is -2.37. The first-order valence-corrected chi connectivity index (χ1v) is 12.1. The lowest BCUT2D eigenvalue weighted by molar-refractivity contribution is 0.0655. The van der Waals surface area contributed by atoms with Crippen molar-refractivity contribution in [2.45, 2.75) is 49.6 Å². The van der Waals surface area contributed by atoms with Crippen molar-refractivity contribution in [1.29, 1.82) is 0 Å². The predicted molar refractivity (Wildman–Crippen MR) is 125 cm³/mol. The second-order valence-electron chi connectivity index (χ2n) is 8.24. The Morgan fingerprint density at radius 3 is 2.71 bits per heavy atom. The van der Waals surface area contributed by atoms with Crippen LogP contribution in [0.3, 0.4) is 0 Å². The van der Waals surface area contributed by atoms with E-state index in [-0.39, 0.29) is 17.9 Å². The summed E-state index contributed by atoms with van der Waals surface area (Å²) in [6, 6.07) is 15.6. The third-order valence-corrected chi connectivity index (χ3v) is 7.08. The summed E-state index contributed by atoms with van der Waals surface area (Å²) in [4.78, 5) is 34.5. The molecule has 1 N–H and O–H groups in total. The molecule has 31 heavy (non-hydrogen) atoms. The number of carbonyl (C=O) groups excluding carboxylic acids is 2. The summed E-state index contributed by atoms with van der Waals surface area (Å²) >= 11 is 1.63. The van der Waals surface area contributed by atoms with Gasteiger partial charge < -0.3 is 10.2 Å². The Balaban J connectivity index is 1.56. The molecule has 2 aliphatic rings. The molecular formula is C25H25N3O2S. The third-order valence-electron chi connectivity index (χ3n) is 6.36. The number of aromatic nitrogens is 1. The number of fused-ring (bicyclic) bond motifs is 2. The summed E-state index contributed by atoms with van der Waals surface area (Å²) in [6.07, 6.45) is 7.61. The molecule has 0 unspecified atom stereocenters. The fourth-order valence-electron chi connectivity index (χ4n) is 4.80. The quantitative estimate of drug-likeness (QED) is 0.554. The van der Waals surface area contributed by atoms with E-state index in [9.17, 15) is 9.59 Å². The van der Waals surface area contributed by atoms with Crippen molar-refractivity contribution in [2.24, 2.45) is 0 Å². The highest BCUT2D eigenvalue weighted by Gasteiger charge is 2.38. The number of para-hydroxylation sites is 1. The fraction of sp³-hybridized carbons (Fsp3) is 0.320. The maximum atomic E-state index is 13.5. The second-order valence-corrected chi connectivity index (χ2v) is 9.12.